The number of carbonyl (C=O) groups excluding carboxylic acids is 2. The first kappa shape index (κ1) is 36.5. The highest BCUT2D eigenvalue weighted by Crippen LogP contribution is 2.26. The summed E-state index contributed by atoms with van der Waals surface area (Å²) >= 11 is 0. The van der Waals surface area contributed by atoms with Crippen LogP contribution in [0.4, 0.5) is 10.2 Å². The van der Waals surface area contributed by atoms with Crippen molar-refractivity contribution in [2.45, 2.75) is 133 Å². The van der Waals surface area contributed by atoms with E-state index in [0.717, 1.165) is 19.3 Å². The molecule has 7 atom stereocenters. The molecular formula is C30H50FN7O7. The molecule has 0 aromatic carbocycles. The molecule has 0 saturated carbocycles. The largest absolute Gasteiger partial charge is 0.394 e. The lowest BCUT2D eigenvalue weighted by atomic mass is 9.92. The van der Waals surface area contributed by atoms with Crippen molar-refractivity contribution in [2.75, 3.05) is 18.5 Å². The number of rotatable bonds is 21. The van der Waals surface area contributed by atoms with Crippen LogP contribution in [0.3, 0.4) is 0 Å². The Balaban J connectivity index is 1.38. The Morgan fingerprint density at radius 3 is 2.27 bits per heavy atom. The lowest BCUT2D eigenvalue weighted by Crippen LogP contribution is -2.68. The third-order valence-electron chi connectivity index (χ3n) is 8.10. The molecule has 2 aromatic heterocycles. The van der Waals surface area contributed by atoms with Crippen molar-refractivity contribution in [2.24, 2.45) is 0 Å². The number of aromatic amines is 1. The molecule has 0 bridgehead atoms. The first-order valence-corrected chi connectivity index (χ1v) is 16.2. The number of hydrogen-bond acceptors (Lipinski definition) is 11. The normalized spacial score (nSPS) is 23.0. The zero-order chi connectivity index (χ0) is 32.6. The lowest BCUT2D eigenvalue weighted by Gasteiger charge is -2.44. The van der Waals surface area contributed by atoms with E-state index in [0.29, 0.717) is 17.6 Å². The highest BCUT2D eigenvalue weighted by Gasteiger charge is 2.48. The van der Waals surface area contributed by atoms with Crippen molar-refractivity contribution in [1.82, 2.24) is 30.6 Å². The summed E-state index contributed by atoms with van der Waals surface area (Å²) in [5, 5.41) is 49.0. The van der Waals surface area contributed by atoms with Gasteiger partial charge >= 0.3 is 0 Å². The molecule has 254 valence electrons. The van der Waals surface area contributed by atoms with Crippen molar-refractivity contribution in [1.29, 1.82) is 0 Å². The maximum absolute atomic E-state index is 14.4. The van der Waals surface area contributed by atoms with E-state index >= 15 is 0 Å². The molecule has 3 rings (SSSR count). The highest BCUT2D eigenvalue weighted by molar-refractivity contribution is 5.87. The number of carbonyl (C=O) groups is 2. The van der Waals surface area contributed by atoms with Crippen LogP contribution in [-0.4, -0.2) is 108 Å². The Hall–Kier alpha value is -2.98. The number of nitrogens with one attached hydrogen (secondary N) is 4. The Morgan fingerprint density at radius 1 is 0.978 bits per heavy atom. The molecule has 1 saturated heterocycles. The van der Waals surface area contributed by atoms with Crippen LogP contribution in [-0.2, 0) is 14.3 Å². The van der Waals surface area contributed by atoms with Crippen LogP contribution < -0.4 is 16.0 Å². The summed E-state index contributed by atoms with van der Waals surface area (Å²) in [6, 6.07) is -1.37. The first-order valence-electron chi connectivity index (χ1n) is 16.2. The number of H-pyrrole nitrogens is 1. The number of unbranched alkanes of at least 4 members (excludes halogenated alkanes) is 11. The van der Waals surface area contributed by atoms with Gasteiger partial charge in [0.1, 0.15) is 36.3 Å². The van der Waals surface area contributed by atoms with E-state index < -0.39 is 67.8 Å². The van der Waals surface area contributed by atoms with E-state index in [1.165, 1.54) is 64.0 Å². The third-order valence-corrected chi connectivity index (χ3v) is 8.10. The van der Waals surface area contributed by atoms with Crippen LogP contribution in [0.1, 0.15) is 90.4 Å². The van der Waals surface area contributed by atoms with Gasteiger partial charge in [-0.3, -0.25) is 9.59 Å². The topological polar surface area (TPSA) is 215 Å². The number of hydrogen-bond donors (Lipinski definition) is 8. The molecule has 0 aliphatic carbocycles. The van der Waals surface area contributed by atoms with Crippen LogP contribution in [0.25, 0.3) is 11.2 Å². The Labute approximate surface area is 263 Å². The first-order chi connectivity index (χ1) is 21.8. The van der Waals surface area contributed by atoms with Crippen LogP contribution in [0.15, 0.2) is 12.7 Å². The van der Waals surface area contributed by atoms with Gasteiger partial charge < -0.3 is 46.1 Å². The average Bonchev–Trinajstić information content (AvgIpc) is 3.53. The monoisotopic (exact) mass is 639 g/mol. The molecule has 1 aliphatic rings. The van der Waals surface area contributed by atoms with Gasteiger partial charge in [0.2, 0.25) is 5.91 Å². The number of halogens is 1. The second-order valence-electron chi connectivity index (χ2n) is 11.7. The molecule has 0 radical (unpaired) electrons. The molecule has 2 aromatic rings. The average molecular weight is 640 g/mol. The van der Waals surface area contributed by atoms with Crippen molar-refractivity contribution in [3.63, 3.8) is 0 Å². The van der Waals surface area contributed by atoms with Crippen LogP contribution in [0, 0.1) is 0 Å². The number of amides is 2. The van der Waals surface area contributed by atoms with Crippen LogP contribution in [0.5, 0.6) is 0 Å². The Morgan fingerprint density at radius 2 is 1.62 bits per heavy atom. The van der Waals surface area contributed by atoms with E-state index in [1.54, 1.807) is 0 Å². The fourth-order valence-corrected chi connectivity index (χ4v) is 5.46. The SMILES string of the molecule is CCCCCCCCCCCCCCC(F)C(=O)NCC(=O)N[C@@H]1[C@@H](O)[C@@H](O)[C@@H](Nc2ncnc3nc[nH]c23)O[C@H]1[C@@H](O)CO. The van der Waals surface area contributed by atoms with Crippen molar-refractivity contribution in [3.05, 3.63) is 12.7 Å². The number of anilines is 1. The highest BCUT2D eigenvalue weighted by atomic mass is 19.1. The van der Waals surface area contributed by atoms with Crippen molar-refractivity contribution >= 4 is 28.8 Å². The van der Waals surface area contributed by atoms with Gasteiger partial charge in [-0.2, -0.15) is 0 Å². The quantitative estimate of drug-likeness (QED) is 0.0918. The fraction of sp³-hybridized carbons (Fsp3) is 0.767. The number of ether oxygens (including phenoxy) is 1. The predicted octanol–water partition coefficient (Wildman–Crippen LogP) is 1.60. The Bertz CT molecular complexity index is 1160. The molecule has 45 heavy (non-hydrogen) atoms. The number of imidazole rings is 1. The molecule has 1 fully saturated rings. The minimum atomic E-state index is -1.76. The number of fused-ring (bicyclic) bond motifs is 1. The summed E-state index contributed by atoms with van der Waals surface area (Å²) < 4.78 is 20.2. The minimum absolute atomic E-state index is 0.0581. The van der Waals surface area contributed by atoms with Gasteiger partial charge in [0.05, 0.1) is 25.5 Å². The van der Waals surface area contributed by atoms with Gasteiger partial charge in [-0.1, -0.05) is 84.0 Å². The number of alkyl halides is 1. The van der Waals surface area contributed by atoms with Gasteiger partial charge in [0, 0.05) is 0 Å². The van der Waals surface area contributed by atoms with Gasteiger partial charge in [0.15, 0.2) is 23.9 Å². The van der Waals surface area contributed by atoms with E-state index in [1.807, 2.05) is 0 Å². The third kappa shape index (κ3) is 11.4. The molecule has 3 heterocycles. The summed E-state index contributed by atoms with van der Waals surface area (Å²) in [7, 11) is 0. The molecule has 14 nitrogen and oxygen atoms in total. The zero-order valence-electron chi connectivity index (χ0n) is 26.0. The summed E-state index contributed by atoms with van der Waals surface area (Å²) in [6.45, 7) is 0.841. The van der Waals surface area contributed by atoms with E-state index in [4.69, 9.17) is 4.74 Å². The predicted molar refractivity (Wildman–Crippen MR) is 165 cm³/mol. The van der Waals surface area contributed by atoms with Crippen LogP contribution >= 0.6 is 0 Å². The number of aliphatic hydroxyl groups is 4. The summed E-state index contributed by atoms with van der Waals surface area (Å²) in [6.07, 6.45) is 7.03. The van der Waals surface area contributed by atoms with Gasteiger partial charge in [-0.25, -0.2) is 19.3 Å². The molecule has 8 N–H and O–H groups in total. The maximum atomic E-state index is 14.4. The van der Waals surface area contributed by atoms with Crippen LogP contribution in [0.2, 0.25) is 0 Å². The lowest BCUT2D eigenvalue weighted by molar-refractivity contribution is -0.204. The molecule has 15 heteroatoms. The fourth-order valence-electron chi connectivity index (χ4n) is 5.46. The number of aliphatic hydroxyl groups excluding tert-OH is 4. The minimum Gasteiger partial charge on any atom is -0.394 e. The zero-order valence-corrected chi connectivity index (χ0v) is 26.0. The molecule has 0 spiro atoms. The molecule has 1 unspecified atom stereocenters. The van der Waals surface area contributed by atoms with Crippen molar-refractivity contribution < 1.29 is 39.1 Å². The van der Waals surface area contributed by atoms with E-state index in [2.05, 4.69) is 42.8 Å². The second kappa shape index (κ2) is 19.5. The molecule has 1 aliphatic heterocycles. The van der Waals surface area contributed by atoms with E-state index in [9.17, 15) is 34.4 Å². The summed E-state index contributed by atoms with van der Waals surface area (Å²) in [4.78, 5) is 39.8. The smallest absolute Gasteiger partial charge is 0.254 e. The second-order valence-corrected chi connectivity index (χ2v) is 11.7. The number of aromatic nitrogens is 4. The Kier molecular flexibility index (Phi) is 15.8. The summed E-state index contributed by atoms with van der Waals surface area (Å²) in [5.41, 5.74) is 0.736. The summed E-state index contributed by atoms with van der Waals surface area (Å²) in [5.74, 6) is -1.53. The van der Waals surface area contributed by atoms with E-state index in [-0.39, 0.29) is 12.2 Å². The molecular weight excluding hydrogens is 589 g/mol. The number of nitrogens with zero attached hydrogens (tertiary/aromatic N) is 3. The van der Waals surface area contributed by atoms with Gasteiger partial charge in [0.25, 0.3) is 5.91 Å². The standard InChI is InChI=1S/C30H50FN7O7/c1-2-3-4-5-6-7-8-9-10-11-12-13-14-19(31)29(44)32-15-21(41)37-22-24(42)25(43)30(45-26(22)20(40)16-39)38-28-23-27(34-17-33-23)35-18-36-28/h17-20,22,24-26,30,39-40,42-43H,2-16H2,1H3,(H,32,44)(H,37,41)(H2,33,34,35,36,38)/t19?,20-,22+,24+,25+,26-,30-/m0/s1. The van der Waals surface area contributed by atoms with Crippen molar-refractivity contribution in [3.8, 4) is 0 Å². The van der Waals surface area contributed by atoms with Gasteiger partial charge in [-0.05, 0) is 6.42 Å². The maximum Gasteiger partial charge on any atom is 0.254 e. The molecule has 2 amide bonds. The van der Waals surface area contributed by atoms with Gasteiger partial charge in [-0.15, -0.1) is 0 Å².